The van der Waals surface area contributed by atoms with Crippen molar-refractivity contribution in [3.63, 3.8) is 0 Å². The Hall–Kier alpha value is -1.34. The Bertz CT molecular complexity index is 778. The number of aliphatic hydroxyl groups is 1. The van der Waals surface area contributed by atoms with Crippen molar-refractivity contribution >= 4 is 32.0 Å². The van der Waals surface area contributed by atoms with Gasteiger partial charge in [0, 0.05) is 11.1 Å². The number of rotatable bonds is 4. The third-order valence-corrected chi connectivity index (χ3v) is 6.90. The lowest BCUT2D eigenvalue weighted by Crippen LogP contribution is -2.25. The highest BCUT2D eigenvalue weighted by atomic mass is 35.5. The molecule has 0 saturated carbocycles. The quantitative estimate of drug-likeness (QED) is 0.381. The minimum atomic E-state index is -5.44. The number of halogens is 1. The van der Waals surface area contributed by atoms with Crippen molar-refractivity contribution in [1.29, 1.82) is 0 Å². The molecule has 11 heteroatoms. The summed E-state index contributed by atoms with van der Waals surface area (Å²) >= 11 is 5.16. The lowest BCUT2D eigenvalue weighted by molar-refractivity contribution is 0.108. The number of carbonyl (C=O) groups is 1. The Morgan fingerprint density at radius 2 is 1.16 bits per heavy atom. The molecule has 0 atom stereocenters. The molecule has 0 radical (unpaired) electrons. The van der Waals surface area contributed by atoms with E-state index >= 15 is 0 Å². The molecular weight excluding hydrogens is 394 g/mol. The van der Waals surface area contributed by atoms with Gasteiger partial charge in [-0.15, -0.1) is 0 Å². The minimum absolute atomic E-state index is 0.407. The first kappa shape index (κ1) is 21.7. The monoisotopic (exact) mass is 408 g/mol. The van der Waals surface area contributed by atoms with Crippen molar-refractivity contribution < 1.29 is 38.6 Å². The molecule has 2 aromatic rings. The zero-order valence-electron chi connectivity index (χ0n) is 12.5. The highest BCUT2D eigenvalue weighted by molar-refractivity contribution is 7.71. The molecule has 0 aliphatic carbocycles. The second-order valence-corrected chi connectivity index (χ2v) is 8.90. The molecule has 0 saturated heterocycles. The van der Waals surface area contributed by atoms with Crippen LogP contribution in [0.25, 0.3) is 0 Å². The van der Waals surface area contributed by atoms with Crippen molar-refractivity contribution in [2.75, 3.05) is 0 Å². The van der Waals surface area contributed by atoms with Gasteiger partial charge in [0.15, 0.2) is 0 Å². The van der Waals surface area contributed by atoms with Crippen LogP contribution in [0, 0.1) is 0 Å². The Morgan fingerprint density at radius 3 is 1.44 bits per heavy atom. The molecule has 0 spiro atoms. The fourth-order valence-electron chi connectivity index (χ4n) is 1.74. The van der Waals surface area contributed by atoms with E-state index in [0.717, 1.165) is 12.1 Å². The fourth-order valence-corrected chi connectivity index (χ4v) is 4.19. The zero-order chi connectivity index (χ0) is 19.3. The van der Waals surface area contributed by atoms with E-state index in [9.17, 15) is 19.0 Å². The standard InChI is InChI=1S/C7H5ClO.C7H10O7P2/c8-7(9)6-4-2-1-3-5-6;8-7(15(9,10)11,16(12,13)14)6-4-2-1-3-5-6/h1-5H;1-5,8H,(H2,9,10,11)(H2,12,13,14). The van der Waals surface area contributed by atoms with Crippen LogP contribution in [0.15, 0.2) is 60.7 Å². The first-order chi connectivity index (χ1) is 11.4. The van der Waals surface area contributed by atoms with Gasteiger partial charge in [-0.2, -0.15) is 0 Å². The first-order valence-electron chi connectivity index (χ1n) is 6.55. The van der Waals surface area contributed by atoms with Crippen LogP contribution in [-0.2, 0) is 14.2 Å². The summed E-state index contributed by atoms with van der Waals surface area (Å²) in [6, 6.07) is 14.9. The van der Waals surface area contributed by atoms with E-state index in [1.807, 2.05) is 6.07 Å². The summed E-state index contributed by atoms with van der Waals surface area (Å²) in [7, 11) is -10.9. The maximum absolute atomic E-state index is 11.1. The van der Waals surface area contributed by atoms with E-state index in [2.05, 4.69) is 0 Å². The maximum atomic E-state index is 11.1. The molecule has 0 fully saturated rings. The van der Waals surface area contributed by atoms with Crippen molar-refractivity contribution in [3.05, 3.63) is 71.8 Å². The second kappa shape index (κ2) is 8.36. The number of hydrogen-bond acceptors (Lipinski definition) is 4. The normalized spacial score (nSPS) is 12.1. The van der Waals surface area contributed by atoms with Gasteiger partial charge in [0.1, 0.15) is 0 Å². The van der Waals surface area contributed by atoms with Crippen molar-refractivity contribution in [1.82, 2.24) is 0 Å². The van der Waals surface area contributed by atoms with Crippen molar-refractivity contribution in [3.8, 4) is 0 Å². The fraction of sp³-hybridized carbons (Fsp3) is 0.0714. The van der Waals surface area contributed by atoms with Gasteiger partial charge in [-0.3, -0.25) is 13.9 Å². The summed E-state index contributed by atoms with van der Waals surface area (Å²) in [6.07, 6.45) is 0. The Kier molecular flexibility index (Phi) is 7.26. The van der Waals surface area contributed by atoms with Crippen LogP contribution < -0.4 is 0 Å². The largest absolute Gasteiger partial charge is 0.374 e. The van der Waals surface area contributed by atoms with Crippen LogP contribution in [0.5, 0.6) is 0 Å². The molecule has 0 aromatic heterocycles. The van der Waals surface area contributed by atoms with Gasteiger partial charge in [0.25, 0.3) is 10.3 Å². The maximum Gasteiger partial charge on any atom is 0.374 e. The molecule has 136 valence electrons. The van der Waals surface area contributed by atoms with E-state index in [1.54, 1.807) is 24.3 Å². The average molecular weight is 409 g/mol. The van der Waals surface area contributed by atoms with E-state index < -0.39 is 31.1 Å². The summed E-state index contributed by atoms with van der Waals surface area (Å²) in [5, 5.41) is 5.72. The Balaban J connectivity index is 0.000000293. The van der Waals surface area contributed by atoms with Gasteiger partial charge in [0.2, 0.25) is 0 Å². The molecule has 25 heavy (non-hydrogen) atoms. The highest BCUT2D eigenvalue weighted by Gasteiger charge is 2.60. The first-order valence-corrected chi connectivity index (χ1v) is 10.2. The smallest absolute Gasteiger partial charge is 0.364 e. The van der Waals surface area contributed by atoms with Gasteiger partial charge in [-0.25, -0.2) is 0 Å². The summed E-state index contributed by atoms with van der Waals surface area (Å²) in [6.45, 7) is 0. The van der Waals surface area contributed by atoms with Crippen LogP contribution in [0.1, 0.15) is 15.9 Å². The Morgan fingerprint density at radius 1 is 0.800 bits per heavy atom. The molecule has 0 unspecified atom stereocenters. The summed E-state index contributed by atoms with van der Waals surface area (Å²) in [5.41, 5.74) is 0.0100. The third kappa shape index (κ3) is 5.31. The van der Waals surface area contributed by atoms with Gasteiger partial charge < -0.3 is 24.7 Å². The van der Waals surface area contributed by atoms with Gasteiger partial charge in [0.05, 0.1) is 0 Å². The van der Waals surface area contributed by atoms with Crippen molar-refractivity contribution in [2.45, 2.75) is 5.08 Å². The molecule has 8 nitrogen and oxygen atoms in total. The van der Waals surface area contributed by atoms with Gasteiger partial charge >= 0.3 is 15.2 Å². The molecule has 0 heterocycles. The van der Waals surface area contributed by atoms with Crippen LogP contribution in [0.3, 0.4) is 0 Å². The van der Waals surface area contributed by atoms with E-state index in [4.69, 9.17) is 31.2 Å². The summed E-state index contributed by atoms with van der Waals surface area (Å²) in [4.78, 5) is 46.0. The molecule has 0 amide bonds. The average Bonchev–Trinajstić information content (AvgIpc) is 2.54. The minimum Gasteiger partial charge on any atom is -0.364 e. The lowest BCUT2D eigenvalue weighted by atomic mass is 10.2. The number of hydrogen-bond donors (Lipinski definition) is 5. The van der Waals surface area contributed by atoms with E-state index in [-0.39, 0.29) is 0 Å². The van der Waals surface area contributed by atoms with E-state index in [0.29, 0.717) is 5.56 Å². The van der Waals surface area contributed by atoms with Gasteiger partial charge in [-0.1, -0.05) is 60.7 Å². The molecule has 0 bridgehead atoms. The summed E-state index contributed by atoms with van der Waals surface area (Å²) in [5.74, 6) is 0. The van der Waals surface area contributed by atoms with Crippen LogP contribution in [0.4, 0.5) is 0 Å². The predicted molar refractivity (Wildman–Crippen MR) is 91.1 cm³/mol. The number of carbonyl (C=O) groups excluding carboxylic acids is 1. The Labute approximate surface area is 148 Å². The molecule has 0 aliphatic heterocycles. The predicted octanol–water partition coefficient (Wildman–Crippen LogP) is 2.21. The molecule has 2 rings (SSSR count). The van der Waals surface area contributed by atoms with Crippen LogP contribution in [-0.4, -0.2) is 29.9 Å². The van der Waals surface area contributed by atoms with E-state index in [1.165, 1.54) is 18.2 Å². The second-order valence-electron chi connectivity index (χ2n) is 4.73. The molecule has 0 aliphatic rings. The van der Waals surface area contributed by atoms with Crippen LogP contribution in [0.2, 0.25) is 0 Å². The molecular formula is C14H15ClO8P2. The zero-order valence-corrected chi connectivity index (χ0v) is 15.1. The van der Waals surface area contributed by atoms with Crippen LogP contribution >= 0.6 is 26.8 Å². The highest BCUT2D eigenvalue weighted by Crippen LogP contribution is 2.72. The molecule has 5 N–H and O–H groups in total. The van der Waals surface area contributed by atoms with Crippen molar-refractivity contribution in [2.24, 2.45) is 0 Å². The number of benzene rings is 2. The van der Waals surface area contributed by atoms with Gasteiger partial charge in [-0.05, 0) is 11.6 Å². The lowest BCUT2D eigenvalue weighted by Gasteiger charge is -2.29. The molecule has 2 aromatic carbocycles. The summed E-state index contributed by atoms with van der Waals surface area (Å²) < 4.78 is 22.1. The third-order valence-electron chi connectivity index (χ3n) is 2.97. The SMILES string of the molecule is O=C(Cl)c1ccccc1.O=P(O)(O)C(O)(c1ccccc1)P(=O)(O)O. The topological polar surface area (TPSA) is 152 Å².